The van der Waals surface area contributed by atoms with Crippen molar-refractivity contribution in [1.29, 1.82) is 0 Å². The van der Waals surface area contributed by atoms with Crippen LogP contribution >= 0.6 is 11.8 Å². The molecule has 2 N–H and O–H groups in total. The van der Waals surface area contributed by atoms with E-state index in [2.05, 4.69) is 17.9 Å². The number of hydrogen-bond acceptors (Lipinski definition) is 4. The van der Waals surface area contributed by atoms with E-state index in [4.69, 9.17) is 15.2 Å². The van der Waals surface area contributed by atoms with Crippen LogP contribution in [-0.2, 0) is 10.5 Å². The van der Waals surface area contributed by atoms with E-state index in [1.165, 1.54) is 5.56 Å². The summed E-state index contributed by atoms with van der Waals surface area (Å²) in [6.07, 6.45) is 2.28. The van der Waals surface area contributed by atoms with E-state index in [-0.39, 0.29) is 0 Å². The predicted octanol–water partition coefficient (Wildman–Crippen LogP) is 2.42. The summed E-state index contributed by atoms with van der Waals surface area (Å²) >= 11 is 1.98. The molecule has 1 aromatic carbocycles. The topological polar surface area (TPSA) is 44.5 Å². The standard InChI is InChI=1S/C16H21NO2S/c1-18-16-5-4-13(3-2-8-17)11-14(16)12-20-15-6-9-19-10-7-15/h4-5,11,15H,6-10,12,17H2,1H3. The van der Waals surface area contributed by atoms with Gasteiger partial charge in [0.1, 0.15) is 5.75 Å². The van der Waals surface area contributed by atoms with Crippen LogP contribution in [0.15, 0.2) is 18.2 Å². The van der Waals surface area contributed by atoms with Crippen molar-refractivity contribution in [2.75, 3.05) is 26.9 Å². The van der Waals surface area contributed by atoms with Gasteiger partial charge < -0.3 is 15.2 Å². The van der Waals surface area contributed by atoms with Gasteiger partial charge in [-0.3, -0.25) is 0 Å². The Balaban J connectivity index is 2.03. The third kappa shape index (κ3) is 4.45. The first-order chi connectivity index (χ1) is 9.83. The number of nitrogens with two attached hydrogens (primary N) is 1. The maximum atomic E-state index is 5.43. The molecule has 0 atom stereocenters. The van der Waals surface area contributed by atoms with Crippen LogP contribution in [0.2, 0.25) is 0 Å². The molecule has 0 bridgehead atoms. The summed E-state index contributed by atoms with van der Waals surface area (Å²) in [5.74, 6) is 7.85. The second-order valence-corrected chi connectivity index (χ2v) is 5.94. The summed E-state index contributed by atoms with van der Waals surface area (Å²) in [5.41, 5.74) is 7.61. The quantitative estimate of drug-likeness (QED) is 0.865. The molecule has 1 fully saturated rings. The SMILES string of the molecule is COc1ccc(C#CCN)cc1CSC1CCOCC1. The molecule has 4 heteroatoms. The van der Waals surface area contributed by atoms with Gasteiger partial charge in [-0.15, -0.1) is 0 Å². The minimum atomic E-state index is 0.387. The molecule has 1 aliphatic heterocycles. The second-order valence-electron chi connectivity index (χ2n) is 4.66. The van der Waals surface area contributed by atoms with Crippen LogP contribution in [0.25, 0.3) is 0 Å². The van der Waals surface area contributed by atoms with Crippen molar-refractivity contribution in [3.63, 3.8) is 0 Å². The Morgan fingerprint density at radius 2 is 2.20 bits per heavy atom. The molecule has 0 aromatic heterocycles. The number of thioether (sulfide) groups is 1. The number of methoxy groups -OCH3 is 1. The molecular weight excluding hydrogens is 270 g/mol. The highest BCUT2D eigenvalue weighted by molar-refractivity contribution is 7.99. The Bertz CT molecular complexity index is 487. The third-order valence-corrected chi connectivity index (χ3v) is 4.68. The summed E-state index contributed by atoms with van der Waals surface area (Å²) in [6, 6.07) is 6.07. The first kappa shape index (κ1) is 15.2. The Labute approximate surface area is 125 Å². The third-order valence-electron chi connectivity index (χ3n) is 3.26. The monoisotopic (exact) mass is 291 g/mol. The van der Waals surface area contributed by atoms with E-state index < -0.39 is 0 Å². The molecule has 0 spiro atoms. The Hall–Kier alpha value is -1.15. The van der Waals surface area contributed by atoms with Crippen molar-refractivity contribution in [2.45, 2.75) is 23.8 Å². The van der Waals surface area contributed by atoms with Crippen LogP contribution in [0.1, 0.15) is 24.0 Å². The molecule has 0 radical (unpaired) electrons. The van der Waals surface area contributed by atoms with Gasteiger partial charge in [0.05, 0.1) is 13.7 Å². The molecule has 2 rings (SSSR count). The van der Waals surface area contributed by atoms with Crippen LogP contribution < -0.4 is 10.5 Å². The number of ether oxygens (including phenoxy) is 2. The van der Waals surface area contributed by atoms with Gasteiger partial charge in [-0.1, -0.05) is 11.8 Å². The van der Waals surface area contributed by atoms with Crippen molar-refractivity contribution >= 4 is 11.8 Å². The fourth-order valence-corrected chi connectivity index (χ4v) is 3.34. The highest BCUT2D eigenvalue weighted by Gasteiger charge is 2.15. The molecule has 1 aromatic rings. The molecule has 20 heavy (non-hydrogen) atoms. The molecule has 1 aliphatic rings. The largest absolute Gasteiger partial charge is 0.496 e. The van der Waals surface area contributed by atoms with Crippen LogP contribution in [0.4, 0.5) is 0 Å². The van der Waals surface area contributed by atoms with E-state index in [1.54, 1.807) is 7.11 Å². The van der Waals surface area contributed by atoms with Crippen LogP contribution in [-0.4, -0.2) is 32.1 Å². The zero-order chi connectivity index (χ0) is 14.2. The minimum Gasteiger partial charge on any atom is -0.496 e. The van der Waals surface area contributed by atoms with Gasteiger partial charge >= 0.3 is 0 Å². The molecule has 0 saturated carbocycles. The van der Waals surface area contributed by atoms with Gasteiger partial charge in [0.15, 0.2) is 0 Å². The van der Waals surface area contributed by atoms with Crippen molar-refractivity contribution in [3.8, 4) is 17.6 Å². The van der Waals surface area contributed by atoms with Gasteiger partial charge in [-0.05, 0) is 31.0 Å². The summed E-state index contributed by atoms with van der Waals surface area (Å²) in [6.45, 7) is 2.16. The Morgan fingerprint density at radius 3 is 2.90 bits per heavy atom. The molecule has 0 aliphatic carbocycles. The molecule has 1 saturated heterocycles. The summed E-state index contributed by atoms with van der Waals surface area (Å²) in [5, 5.41) is 0.687. The Kier molecular flexibility index (Phi) is 6.25. The lowest BCUT2D eigenvalue weighted by molar-refractivity contribution is 0.1000. The first-order valence-corrected chi connectivity index (χ1v) is 7.93. The molecule has 0 unspecified atom stereocenters. The molecule has 1 heterocycles. The van der Waals surface area contributed by atoms with E-state index in [9.17, 15) is 0 Å². The maximum absolute atomic E-state index is 5.43. The van der Waals surface area contributed by atoms with Crippen LogP contribution in [0.5, 0.6) is 5.75 Å². The lowest BCUT2D eigenvalue weighted by Gasteiger charge is -2.21. The van der Waals surface area contributed by atoms with E-state index in [0.29, 0.717) is 11.8 Å². The van der Waals surface area contributed by atoms with Crippen LogP contribution in [0.3, 0.4) is 0 Å². The van der Waals surface area contributed by atoms with Crippen LogP contribution in [0, 0.1) is 11.8 Å². The molecular formula is C16H21NO2S. The molecule has 3 nitrogen and oxygen atoms in total. The highest BCUT2D eigenvalue weighted by Crippen LogP contribution is 2.30. The van der Waals surface area contributed by atoms with Crippen molar-refractivity contribution in [2.24, 2.45) is 5.73 Å². The molecule has 0 amide bonds. The van der Waals surface area contributed by atoms with Crippen molar-refractivity contribution in [3.05, 3.63) is 29.3 Å². The fraction of sp³-hybridized carbons (Fsp3) is 0.500. The average Bonchev–Trinajstić information content (AvgIpc) is 2.52. The highest BCUT2D eigenvalue weighted by atomic mass is 32.2. The van der Waals surface area contributed by atoms with Gasteiger partial charge in [0, 0.05) is 35.3 Å². The van der Waals surface area contributed by atoms with E-state index >= 15 is 0 Å². The smallest absolute Gasteiger partial charge is 0.122 e. The summed E-state index contributed by atoms with van der Waals surface area (Å²) in [7, 11) is 1.71. The number of benzene rings is 1. The van der Waals surface area contributed by atoms with Gasteiger partial charge in [-0.2, -0.15) is 11.8 Å². The van der Waals surface area contributed by atoms with E-state index in [0.717, 1.165) is 43.1 Å². The zero-order valence-electron chi connectivity index (χ0n) is 11.9. The number of rotatable bonds is 4. The predicted molar refractivity (Wildman–Crippen MR) is 84.1 cm³/mol. The Morgan fingerprint density at radius 1 is 1.40 bits per heavy atom. The fourth-order valence-electron chi connectivity index (χ4n) is 2.17. The maximum Gasteiger partial charge on any atom is 0.122 e. The first-order valence-electron chi connectivity index (χ1n) is 6.88. The van der Waals surface area contributed by atoms with Gasteiger partial charge in [0.2, 0.25) is 0 Å². The van der Waals surface area contributed by atoms with E-state index in [1.807, 2.05) is 23.9 Å². The number of hydrogen-bond donors (Lipinski definition) is 1. The second kappa shape index (κ2) is 8.21. The lowest BCUT2D eigenvalue weighted by atomic mass is 10.1. The summed E-state index contributed by atoms with van der Waals surface area (Å²) in [4.78, 5) is 0. The van der Waals surface area contributed by atoms with Gasteiger partial charge in [-0.25, -0.2) is 0 Å². The van der Waals surface area contributed by atoms with Gasteiger partial charge in [0.25, 0.3) is 0 Å². The van der Waals surface area contributed by atoms with Crippen molar-refractivity contribution in [1.82, 2.24) is 0 Å². The average molecular weight is 291 g/mol. The lowest BCUT2D eigenvalue weighted by Crippen LogP contribution is -2.17. The minimum absolute atomic E-state index is 0.387. The summed E-state index contributed by atoms with van der Waals surface area (Å²) < 4.78 is 10.8. The van der Waals surface area contributed by atoms with Crippen molar-refractivity contribution < 1.29 is 9.47 Å². The zero-order valence-corrected chi connectivity index (χ0v) is 12.7. The normalized spacial score (nSPS) is 15.5. The molecule has 108 valence electrons.